The van der Waals surface area contributed by atoms with Gasteiger partial charge in [0.05, 0.1) is 21.2 Å². The number of hydrogen-bond acceptors (Lipinski definition) is 9. The smallest absolute Gasteiger partial charge is 0.357 e. The normalized spacial score (nSPS) is 18.8. The molecule has 39 heavy (non-hydrogen) atoms. The molecule has 0 aromatic heterocycles. The molecule has 0 radical (unpaired) electrons. The molecular weight excluding hydrogens is 542 g/mol. The van der Waals surface area contributed by atoms with Crippen LogP contribution in [0.5, 0.6) is 0 Å². The van der Waals surface area contributed by atoms with Gasteiger partial charge < -0.3 is 15.2 Å². The average Bonchev–Trinajstić information content (AvgIpc) is 3.27. The fourth-order valence-corrected chi connectivity index (χ4v) is 7.10. The van der Waals surface area contributed by atoms with Crippen LogP contribution >= 0.6 is 23.5 Å². The van der Waals surface area contributed by atoms with Gasteiger partial charge in [0.1, 0.15) is 12.0 Å². The van der Waals surface area contributed by atoms with Crippen LogP contribution in [-0.2, 0) is 32.3 Å². The van der Waals surface area contributed by atoms with E-state index in [4.69, 9.17) is 4.74 Å². The summed E-state index contributed by atoms with van der Waals surface area (Å²) in [5, 5.41) is 23.7. The van der Waals surface area contributed by atoms with Gasteiger partial charge in [0.2, 0.25) is 11.8 Å². The number of β-lactam (4-membered cyclic amide) rings is 1. The fraction of sp³-hybridized carbons (Fsp3) is 0.370. The van der Waals surface area contributed by atoms with E-state index in [1.807, 2.05) is 30.3 Å². The zero-order chi connectivity index (χ0) is 27.9. The van der Waals surface area contributed by atoms with Crippen molar-refractivity contribution < 1.29 is 29.2 Å². The Morgan fingerprint density at radius 1 is 1.18 bits per heavy atom. The van der Waals surface area contributed by atoms with E-state index in [2.05, 4.69) is 5.32 Å². The van der Waals surface area contributed by atoms with Crippen molar-refractivity contribution in [3.8, 4) is 0 Å². The summed E-state index contributed by atoms with van der Waals surface area (Å²) in [5.41, 5.74) is 1.67. The lowest BCUT2D eigenvalue weighted by Gasteiger charge is -2.44. The predicted octanol–water partition coefficient (Wildman–Crippen LogP) is 3.94. The highest BCUT2D eigenvalue weighted by Crippen LogP contribution is 2.54. The van der Waals surface area contributed by atoms with E-state index in [1.54, 1.807) is 6.92 Å². The first-order valence-corrected chi connectivity index (χ1v) is 14.4. The van der Waals surface area contributed by atoms with Gasteiger partial charge in [-0.05, 0) is 41.9 Å². The first kappa shape index (κ1) is 28.7. The standard InChI is InChI=1S/C27H29N3O7S2/c1-2-20(31)22-24(33)29-23(26(34)37-16-18-10-12-19(13-11-18)30(35)36)27(39-25(22)29)38-14-6-9-21(32)28-15-17-7-4-3-5-8-17/h3-5,7-8,10-13,20,22,25,31H,2,6,9,14-16H2,1H3,(H,28,32)/t20-,22+,25+/m0/s1. The van der Waals surface area contributed by atoms with Crippen molar-refractivity contribution in [2.45, 2.75) is 50.8 Å². The maximum atomic E-state index is 13.1. The summed E-state index contributed by atoms with van der Waals surface area (Å²) < 4.78 is 6.09. The van der Waals surface area contributed by atoms with E-state index < -0.39 is 22.9 Å². The first-order chi connectivity index (χ1) is 18.8. The minimum atomic E-state index is -0.804. The van der Waals surface area contributed by atoms with Crippen LogP contribution in [0.3, 0.4) is 0 Å². The van der Waals surface area contributed by atoms with E-state index >= 15 is 0 Å². The van der Waals surface area contributed by atoms with Gasteiger partial charge in [-0.3, -0.25) is 24.6 Å². The Balaban J connectivity index is 1.35. The third kappa shape index (κ3) is 6.81. The SMILES string of the molecule is CC[C@H](O)[C@@H]1C(=O)N2C(C(=O)OCc3ccc([N+](=O)[O-])cc3)=C(SCCCC(=O)NCc3ccccc3)S[C@H]12. The number of benzene rings is 2. The van der Waals surface area contributed by atoms with E-state index in [1.165, 1.54) is 52.7 Å². The maximum Gasteiger partial charge on any atom is 0.357 e. The molecule has 206 valence electrons. The molecule has 2 aromatic rings. The van der Waals surface area contributed by atoms with Crippen molar-refractivity contribution in [3.63, 3.8) is 0 Å². The van der Waals surface area contributed by atoms with Gasteiger partial charge in [0, 0.05) is 25.1 Å². The lowest BCUT2D eigenvalue weighted by molar-refractivity contribution is -0.384. The van der Waals surface area contributed by atoms with E-state index in [9.17, 15) is 29.6 Å². The van der Waals surface area contributed by atoms with Crippen LogP contribution in [0.1, 0.15) is 37.3 Å². The van der Waals surface area contributed by atoms with Gasteiger partial charge in [-0.1, -0.05) is 49.0 Å². The minimum Gasteiger partial charge on any atom is -0.456 e. The quantitative estimate of drug-likeness (QED) is 0.120. The molecule has 0 unspecified atom stereocenters. The first-order valence-electron chi connectivity index (χ1n) is 12.6. The summed E-state index contributed by atoms with van der Waals surface area (Å²) in [6.07, 6.45) is 0.504. The Hall–Kier alpha value is -3.35. The van der Waals surface area contributed by atoms with Crippen LogP contribution in [0.15, 0.2) is 64.5 Å². The molecule has 0 bridgehead atoms. The molecule has 0 aliphatic carbocycles. The summed E-state index contributed by atoms with van der Waals surface area (Å²) in [5.74, 6) is -1.11. The average molecular weight is 572 g/mol. The number of non-ortho nitro benzene ring substituents is 1. The summed E-state index contributed by atoms with van der Waals surface area (Å²) in [6.45, 7) is 2.14. The molecular formula is C27H29N3O7S2. The second-order valence-electron chi connectivity index (χ2n) is 9.07. The van der Waals surface area contributed by atoms with E-state index in [-0.39, 0.29) is 35.2 Å². The summed E-state index contributed by atoms with van der Waals surface area (Å²) in [7, 11) is 0. The number of aliphatic hydroxyl groups is 1. The van der Waals surface area contributed by atoms with Crippen LogP contribution in [0.4, 0.5) is 5.69 Å². The number of carbonyl (C=O) groups excluding carboxylic acids is 3. The number of hydrogen-bond donors (Lipinski definition) is 2. The topological polar surface area (TPSA) is 139 Å². The highest BCUT2D eigenvalue weighted by Gasteiger charge is 2.58. The molecule has 2 N–H and O–H groups in total. The summed E-state index contributed by atoms with van der Waals surface area (Å²) in [6, 6.07) is 15.3. The van der Waals surface area contributed by atoms with Crippen molar-refractivity contribution in [2.75, 3.05) is 5.75 Å². The molecule has 1 fully saturated rings. The molecule has 0 saturated carbocycles. The molecule has 2 aliphatic rings. The van der Waals surface area contributed by atoms with Crippen molar-refractivity contribution in [1.82, 2.24) is 10.2 Å². The van der Waals surface area contributed by atoms with Crippen LogP contribution < -0.4 is 5.32 Å². The number of nitro groups is 1. The number of carbonyl (C=O) groups is 3. The van der Waals surface area contributed by atoms with Crippen LogP contribution in [0.2, 0.25) is 0 Å². The number of aliphatic hydroxyl groups excluding tert-OH is 1. The molecule has 2 amide bonds. The summed E-state index contributed by atoms with van der Waals surface area (Å²) in [4.78, 5) is 50.0. The number of esters is 1. The molecule has 10 nitrogen and oxygen atoms in total. The number of rotatable bonds is 13. The number of fused-ring (bicyclic) bond motifs is 1. The highest BCUT2D eigenvalue weighted by atomic mass is 32.2. The van der Waals surface area contributed by atoms with Crippen LogP contribution in [-0.4, -0.2) is 49.9 Å². The highest BCUT2D eigenvalue weighted by molar-refractivity contribution is 8.22. The third-order valence-corrected chi connectivity index (χ3v) is 9.15. The van der Waals surface area contributed by atoms with E-state index in [0.717, 1.165) is 5.56 Å². The van der Waals surface area contributed by atoms with Crippen molar-refractivity contribution in [2.24, 2.45) is 5.92 Å². The number of nitrogens with one attached hydrogen (secondary N) is 1. The number of nitrogens with zero attached hydrogens (tertiary/aromatic N) is 2. The molecule has 4 rings (SSSR count). The number of nitro benzene ring substituents is 1. The van der Waals surface area contributed by atoms with Crippen molar-refractivity contribution in [3.05, 3.63) is 85.8 Å². The Morgan fingerprint density at radius 3 is 2.56 bits per heavy atom. The van der Waals surface area contributed by atoms with E-state index in [0.29, 0.717) is 41.4 Å². The molecule has 2 aliphatic heterocycles. The monoisotopic (exact) mass is 571 g/mol. The Kier molecular flexibility index (Phi) is 9.65. The van der Waals surface area contributed by atoms with Gasteiger partial charge >= 0.3 is 5.97 Å². The van der Waals surface area contributed by atoms with Gasteiger partial charge in [0.15, 0.2) is 5.70 Å². The molecule has 2 heterocycles. The Morgan fingerprint density at radius 2 is 1.90 bits per heavy atom. The maximum absolute atomic E-state index is 13.1. The lowest BCUT2D eigenvalue weighted by Crippen LogP contribution is -2.61. The molecule has 2 aromatic carbocycles. The predicted molar refractivity (Wildman–Crippen MR) is 148 cm³/mol. The van der Waals surface area contributed by atoms with Crippen molar-refractivity contribution in [1.29, 1.82) is 0 Å². The third-order valence-electron chi connectivity index (χ3n) is 6.40. The zero-order valence-electron chi connectivity index (χ0n) is 21.3. The molecule has 12 heteroatoms. The van der Waals surface area contributed by atoms with Gasteiger partial charge in [-0.25, -0.2) is 4.79 Å². The number of thioether (sulfide) groups is 2. The minimum absolute atomic E-state index is 0.0676. The zero-order valence-corrected chi connectivity index (χ0v) is 22.9. The molecule has 3 atom stereocenters. The number of ether oxygens (including phenoxy) is 1. The van der Waals surface area contributed by atoms with Gasteiger partial charge in [-0.15, -0.1) is 11.8 Å². The number of amides is 2. The van der Waals surface area contributed by atoms with Gasteiger partial charge in [-0.2, -0.15) is 0 Å². The lowest BCUT2D eigenvalue weighted by atomic mass is 9.90. The van der Waals surface area contributed by atoms with Crippen molar-refractivity contribution >= 4 is 47.0 Å². The second kappa shape index (κ2) is 13.1. The summed E-state index contributed by atoms with van der Waals surface area (Å²) >= 11 is 2.74. The fourth-order valence-electron chi connectivity index (χ4n) is 4.22. The van der Waals surface area contributed by atoms with Gasteiger partial charge in [0.25, 0.3) is 5.69 Å². The van der Waals surface area contributed by atoms with Crippen LogP contribution in [0, 0.1) is 16.0 Å². The van der Waals surface area contributed by atoms with Crippen LogP contribution in [0.25, 0.3) is 0 Å². The molecule has 1 saturated heterocycles. The largest absolute Gasteiger partial charge is 0.456 e. The molecule has 0 spiro atoms. The Bertz CT molecular complexity index is 1250. The second-order valence-corrected chi connectivity index (χ2v) is 11.6. The Labute approximate surface area is 234 Å².